The van der Waals surface area contributed by atoms with Crippen molar-refractivity contribution in [2.75, 3.05) is 0 Å². The zero-order valence-corrected chi connectivity index (χ0v) is 15.7. The van der Waals surface area contributed by atoms with Crippen LogP contribution in [0.5, 0.6) is 0 Å². The Balaban J connectivity index is 1.66. The lowest BCUT2D eigenvalue weighted by Gasteiger charge is -2.12. The predicted molar refractivity (Wildman–Crippen MR) is 106 cm³/mol. The fourth-order valence-electron chi connectivity index (χ4n) is 2.52. The van der Waals surface area contributed by atoms with Crippen molar-refractivity contribution < 1.29 is 4.79 Å². The SMILES string of the molecule is Cc1nc(SC(C)C(=O)NCc2ccccc2)cc(-c2ccccc2)n1. The summed E-state index contributed by atoms with van der Waals surface area (Å²) in [5.74, 6) is 0.696. The zero-order valence-electron chi connectivity index (χ0n) is 14.8. The zero-order chi connectivity index (χ0) is 18.4. The molecule has 4 nitrogen and oxygen atoms in total. The number of nitrogens with zero attached hydrogens (tertiary/aromatic N) is 2. The number of amides is 1. The van der Waals surface area contributed by atoms with Crippen LogP contribution in [0.25, 0.3) is 11.3 Å². The number of aromatic nitrogens is 2. The van der Waals surface area contributed by atoms with E-state index in [-0.39, 0.29) is 11.2 Å². The molecule has 0 bridgehead atoms. The van der Waals surface area contributed by atoms with Gasteiger partial charge in [-0.05, 0) is 25.5 Å². The highest BCUT2D eigenvalue weighted by molar-refractivity contribution is 8.00. The summed E-state index contributed by atoms with van der Waals surface area (Å²) in [7, 11) is 0. The molecule has 2 aromatic carbocycles. The summed E-state index contributed by atoms with van der Waals surface area (Å²) < 4.78 is 0. The molecular weight excluding hydrogens is 342 g/mol. The molecule has 0 aliphatic heterocycles. The molecule has 0 fully saturated rings. The molecule has 1 amide bonds. The van der Waals surface area contributed by atoms with Crippen molar-refractivity contribution in [1.82, 2.24) is 15.3 Å². The summed E-state index contributed by atoms with van der Waals surface area (Å²) >= 11 is 1.45. The van der Waals surface area contributed by atoms with Gasteiger partial charge >= 0.3 is 0 Å². The van der Waals surface area contributed by atoms with Gasteiger partial charge in [0.1, 0.15) is 10.9 Å². The van der Waals surface area contributed by atoms with E-state index >= 15 is 0 Å². The van der Waals surface area contributed by atoms with E-state index in [9.17, 15) is 4.79 Å². The molecule has 3 rings (SSSR count). The van der Waals surface area contributed by atoms with Crippen molar-refractivity contribution in [3.05, 3.63) is 78.1 Å². The van der Waals surface area contributed by atoms with Crippen molar-refractivity contribution in [3.8, 4) is 11.3 Å². The predicted octanol–water partition coefficient (Wildman–Crippen LogP) is 4.25. The summed E-state index contributed by atoms with van der Waals surface area (Å²) in [5, 5.41) is 3.54. The summed E-state index contributed by atoms with van der Waals surface area (Å²) in [6.45, 7) is 4.30. The molecule has 0 saturated carbocycles. The van der Waals surface area contributed by atoms with E-state index in [2.05, 4.69) is 15.3 Å². The Labute approximate surface area is 158 Å². The third-order valence-electron chi connectivity index (χ3n) is 3.86. The van der Waals surface area contributed by atoms with E-state index in [4.69, 9.17) is 0 Å². The first-order chi connectivity index (χ1) is 12.6. The van der Waals surface area contributed by atoms with Crippen LogP contribution < -0.4 is 5.32 Å². The van der Waals surface area contributed by atoms with Crippen LogP contribution in [0.4, 0.5) is 0 Å². The van der Waals surface area contributed by atoms with Crippen molar-refractivity contribution >= 4 is 17.7 Å². The summed E-state index contributed by atoms with van der Waals surface area (Å²) in [6.07, 6.45) is 0. The Morgan fingerprint density at radius 2 is 1.69 bits per heavy atom. The second-order valence-electron chi connectivity index (χ2n) is 5.97. The molecular formula is C21H21N3OS. The van der Waals surface area contributed by atoms with Gasteiger partial charge in [0.25, 0.3) is 0 Å². The van der Waals surface area contributed by atoms with Gasteiger partial charge in [-0.1, -0.05) is 72.4 Å². The van der Waals surface area contributed by atoms with E-state index in [0.717, 1.165) is 21.8 Å². The molecule has 1 heterocycles. The monoisotopic (exact) mass is 363 g/mol. The van der Waals surface area contributed by atoms with Crippen LogP contribution in [0.15, 0.2) is 71.8 Å². The first kappa shape index (κ1) is 18.1. The smallest absolute Gasteiger partial charge is 0.233 e. The number of rotatable bonds is 6. The van der Waals surface area contributed by atoms with Crippen LogP contribution in [0.2, 0.25) is 0 Å². The number of aryl methyl sites for hydroxylation is 1. The van der Waals surface area contributed by atoms with Crippen molar-refractivity contribution in [3.63, 3.8) is 0 Å². The maximum absolute atomic E-state index is 12.4. The normalized spacial score (nSPS) is 11.8. The quantitative estimate of drug-likeness (QED) is 0.525. The van der Waals surface area contributed by atoms with Crippen LogP contribution >= 0.6 is 11.8 Å². The molecule has 5 heteroatoms. The van der Waals surface area contributed by atoms with Gasteiger partial charge < -0.3 is 5.32 Å². The van der Waals surface area contributed by atoms with Crippen LogP contribution in [0.3, 0.4) is 0 Å². The van der Waals surface area contributed by atoms with Gasteiger partial charge in [0.05, 0.1) is 10.9 Å². The minimum atomic E-state index is -0.239. The minimum absolute atomic E-state index is 0.00335. The van der Waals surface area contributed by atoms with Crippen LogP contribution in [-0.4, -0.2) is 21.1 Å². The maximum Gasteiger partial charge on any atom is 0.233 e. The largest absolute Gasteiger partial charge is 0.351 e. The van der Waals surface area contributed by atoms with E-state index in [0.29, 0.717) is 12.4 Å². The Bertz CT molecular complexity index is 869. The minimum Gasteiger partial charge on any atom is -0.351 e. The lowest BCUT2D eigenvalue weighted by molar-refractivity contribution is -0.120. The number of hydrogen-bond acceptors (Lipinski definition) is 4. The summed E-state index contributed by atoms with van der Waals surface area (Å²) in [6, 6.07) is 21.8. The molecule has 1 atom stereocenters. The number of thioether (sulfide) groups is 1. The first-order valence-electron chi connectivity index (χ1n) is 8.51. The Morgan fingerprint density at radius 3 is 2.38 bits per heavy atom. The van der Waals surface area contributed by atoms with Gasteiger partial charge in [0.15, 0.2) is 0 Å². The molecule has 3 aromatic rings. The molecule has 0 aliphatic rings. The molecule has 1 unspecified atom stereocenters. The number of nitrogens with one attached hydrogen (secondary N) is 1. The number of benzene rings is 2. The highest BCUT2D eigenvalue weighted by Gasteiger charge is 2.16. The van der Waals surface area contributed by atoms with Crippen LogP contribution in [0, 0.1) is 6.92 Å². The van der Waals surface area contributed by atoms with Crippen molar-refractivity contribution in [2.45, 2.75) is 30.7 Å². The maximum atomic E-state index is 12.4. The molecule has 0 saturated heterocycles. The number of carbonyl (C=O) groups excluding carboxylic acids is 1. The first-order valence-corrected chi connectivity index (χ1v) is 9.39. The van der Waals surface area contributed by atoms with Gasteiger partial charge in [-0.25, -0.2) is 9.97 Å². The van der Waals surface area contributed by atoms with E-state index in [1.807, 2.05) is 80.6 Å². The molecule has 0 spiro atoms. The second-order valence-corrected chi connectivity index (χ2v) is 7.33. The lowest BCUT2D eigenvalue weighted by atomic mass is 10.1. The van der Waals surface area contributed by atoms with Gasteiger partial charge in [0, 0.05) is 12.1 Å². The van der Waals surface area contributed by atoms with Crippen LogP contribution in [-0.2, 0) is 11.3 Å². The number of hydrogen-bond donors (Lipinski definition) is 1. The average Bonchev–Trinajstić information content (AvgIpc) is 2.67. The molecule has 1 N–H and O–H groups in total. The van der Waals surface area contributed by atoms with Crippen molar-refractivity contribution in [1.29, 1.82) is 0 Å². The Kier molecular flexibility index (Phi) is 6.02. The van der Waals surface area contributed by atoms with Crippen molar-refractivity contribution in [2.24, 2.45) is 0 Å². The van der Waals surface area contributed by atoms with Gasteiger partial charge in [-0.2, -0.15) is 0 Å². The summed E-state index contributed by atoms with van der Waals surface area (Å²) in [4.78, 5) is 21.4. The molecule has 132 valence electrons. The topological polar surface area (TPSA) is 54.9 Å². The average molecular weight is 363 g/mol. The molecule has 0 aliphatic carbocycles. The molecule has 1 aromatic heterocycles. The van der Waals surface area contributed by atoms with E-state index in [1.54, 1.807) is 0 Å². The third kappa shape index (κ3) is 4.92. The molecule has 26 heavy (non-hydrogen) atoms. The van der Waals surface area contributed by atoms with Gasteiger partial charge in [0.2, 0.25) is 5.91 Å². The fourth-order valence-corrected chi connectivity index (χ4v) is 3.44. The van der Waals surface area contributed by atoms with E-state index in [1.165, 1.54) is 11.8 Å². The van der Waals surface area contributed by atoms with Gasteiger partial charge in [-0.3, -0.25) is 4.79 Å². The highest BCUT2D eigenvalue weighted by Crippen LogP contribution is 2.26. The van der Waals surface area contributed by atoms with Gasteiger partial charge in [-0.15, -0.1) is 0 Å². The highest BCUT2D eigenvalue weighted by atomic mass is 32.2. The Hall–Kier alpha value is -2.66. The standard InChI is InChI=1S/C21H21N3OS/c1-15(21(25)22-14-17-9-5-3-6-10-17)26-20-13-19(23-16(2)24-20)18-11-7-4-8-12-18/h3-13,15H,14H2,1-2H3,(H,22,25). The molecule has 0 radical (unpaired) electrons. The number of carbonyl (C=O) groups is 1. The van der Waals surface area contributed by atoms with Crippen LogP contribution in [0.1, 0.15) is 18.3 Å². The third-order valence-corrected chi connectivity index (χ3v) is 4.88. The lowest BCUT2D eigenvalue weighted by Crippen LogP contribution is -2.30. The Morgan fingerprint density at radius 1 is 1.04 bits per heavy atom. The fraction of sp³-hybridized carbons (Fsp3) is 0.190. The summed E-state index contributed by atoms with van der Waals surface area (Å²) in [5.41, 5.74) is 3.00. The van der Waals surface area contributed by atoms with E-state index < -0.39 is 0 Å². The second kappa shape index (κ2) is 8.63.